The largest absolute Gasteiger partial charge is 0.399 e. The Labute approximate surface area is 119 Å². The molecule has 0 unspecified atom stereocenters. The van der Waals surface area contributed by atoms with Crippen LogP contribution in [0.4, 0.5) is 11.6 Å². The number of aromatic amines is 1. The number of aromatic nitrogens is 2. The zero-order valence-electron chi connectivity index (χ0n) is 12.0. The van der Waals surface area contributed by atoms with E-state index < -0.39 is 0 Å². The van der Waals surface area contributed by atoms with Gasteiger partial charge in [-0.05, 0) is 50.0 Å². The fourth-order valence-electron chi connectivity index (χ4n) is 2.73. The summed E-state index contributed by atoms with van der Waals surface area (Å²) >= 11 is 0. The number of hydrogen-bond donors (Lipinski definition) is 3. The minimum atomic E-state index is 0.759. The summed E-state index contributed by atoms with van der Waals surface area (Å²) in [6, 6.07) is 5.74. The number of anilines is 2. The van der Waals surface area contributed by atoms with Crippen molar-refractivity contribution in [2.24, 2.45) is 5.92 Å². The lowest BCUT2D eigenvalue weighted by Crippen LogP contribution is -2.36. The van der Waals surface area contributed by atoms with Gasteiger partial charge in [0.05, 0.1) is 11.0 Å². The van der Waals surface area contributed by atoms with Gasteiger partial charge in [-0.15, -0.1) is 0 Å². The summed E-state index contributed by atoms with van der Waals surface area (Å²) in [5.41, 5.74) is 8.46. The second kappa shape index (κ2) is 5.71. The Hall–Kier alpha value is -1.75. The zero-order chi connectivity index (χ0) is 13.9. The first-order valence-corrected chi connectivity index (χ1v) is 7.42. The maximum absolute atomic E-state index is 5.77. The molecular formula is C15H23N5. The summed E-state index contributed by atoms with van der Waals surface area (Å²) < 4.78 is 0. The number of H-pyrrole nitrogens is 1. The first-order chi connectivity index (χ1) is 9.70. The van der Waals surface area contributed by atoms with Crippen LogP contribution in [0.2, 0.25) is 0 Å². The summed E-state index contributed by atoms with van der Waals surface area (Å²) in [4.78, 5) is 10.3. The summed E-state index contributed by atoms with van der Waals surface area (Å²) in [5.74, 6) is 1.72. The first-order valence-electron chi connectivity index (χ1n) is 7.42. The molecule has 20 heavy (non-hydrogen) atoms. The average molecular weight is 273 g/mol. The fourth-order valence-corrected chi connectivity index (χ4v) is 2.73. The molecule has 5 nitrogen and oxygen atoms in total. The molecule has 1 aromatic carbocycles. The Morgan fingerprint density at radius 2 is 2.20 bits per heavy atom. The Bertz CT molecular complexity index is 569. The number of nitrogens with two attached hydrogens (primary N) is 1. The maximum Gasteiger partial charge on any atom is 0.201 e. The number of rotatable bonds is 4. The van der Waals surface area contributed by atoms with Crippen LogP contribution in [-0.4, -0.2) is 41.0 Å². The van der Waals surface area contributed by atoms with E-state index in [9.17, 15) is 0 Å². The summed E-state index contributed by atoms with van der Waals surface area (Å²) in [6.45, 7) is 6.78. The topological polar surface area (TPSA) is 70.0 Å². The van der Waals surface area contributed by atoms with Crippen LogP contribution >= 0.6 is 0 Å². The van der Waals surface area contributed by atoms with Crippen LogP contribution in [0.3, 0.4) is 0 Å². The number of piperidine rings is 1. The predicted octanol–water partition coefficient (Wildman–Crippen LogP) is 2.29. The third-order valence-electron chi connectivity index (χ3n) is 4.10. The van der Waals surface area contributed by atoms with E-state index in [4.69, 9.17) is 5.73 Å². The summed E-state index contributed by atoms with van der Waals surface area (Å²) in [7, 11) is 0. The van der Waals surface area contributed by atoms with Crippen LogP contribution in [0.15, 0.2) is 18.2 Å². The standard InChI is InChI=1S/C15H23N5/c1-11-4-7-20(8-5-11)9-6-17-15-18-13-3-2-12(16)10-14(13)19-15/h2-3,10-11H,4-9,16H2,1H3,(H2,17,18,19). The van der Waals surface area contributed by atoms with Crippen molar-refractivity contribution in [2.45, 2.75) is 19.8 Å². The van der Waals surface area contributed by atoms with Gasteiger partial charge in [-0.25, -0.2) is 4.98 Å². The number of imidazole rings is 1. The Morgan fingerprint density at radius 3 is 3.00 bits per heavy atom. The quantitative estimate of drug-likeness (QED) is 0.748. The summed E-state index contributed by atoms with van der Waals surface area (Å²) in [5, 5.41) is 3.36. The van der Waals surface area contributed by atoms with Gasteiger partial charge >= 0.3 is 0 Å². The van der Waals surface area contributed by atoms with Crippen molar-refractivity contribution in [1.82, 2.24) is 14.9 Å². The smallest absolute Gasteiger partial charge is 0.201 e. The molecule has 0 atom stereocenters. The van der Waals surface area contributed by atoms with Gasteiger partial charge in [-0.2, -0.15) is 0 Å². The van der Waals surface area contributed by atoms with E-state index in [1.807, 2.05) is 18.2 Å². The molecule has 1 aliphatic heterocycles. The second-order valence-electron chi connectivity index (χ2n) is 5.81. The van der Waals surface area contributed by atoms with Gasteiger partial charge in [0.25, 0.3) is 0 Å². The number of nitrogen functional groups attached to an aromatic ring is 1. The lowest BCUT2D eigenvalue weighted by atomic mass is 9.99. The van der Waals surface area contributed by atoms with Crippen molar-refractivity contribution in [2.75, 3.05) is 37.2 Å². The second-order valence-corrected chi connectivity index (χ2v) is 5.81. The van der Waals surface area contributed by atoms with Crippen molar-refractivity contribution in [3.63, 3.8) is 0 Å². The van der Waals surface area contributed by atoms with Crippen LogP contribution < -0.4 is 11.1 Å². The Kier molecular flexibility index (Phi) is 3.78. The molecular weight excluding hydrogens is 250 g/mol. The van der Waals surface area contributed by atoms with E-state index in [1.54, 1.807) is 0 Å². The minimum Gasteiger partial charge on any atom is -0.399 e. The van der Waals surface area contributed by atoms with Gasteiger partial charge < -0.3 is 20.9 Å². The number of nitrogens with one attached hydrogen (secondary N) is 2. The molecule has 5 heteroatoms. The molecule has 2 heterocycles. The van der Waals surface area contributed by atoms with Crippen LogP contribution in [0.25, 0.3) is 11.0 Å². The molecule has 0 spiro atoms. The number of hydrogen-bond acceptors (Lipinski definition) is 4. The highest BCUT2D eigenvalue weighted by molar-refractivity contribution is 5.80. The van der Waals surface area contributed by atoms with Gasteiger partial charge in [0.15, 0.2) is 0 Å². The lowest BCUT2D eigenvalue weighted by molar-refractivity contribution is 0.199. The van der Waals surface area contributed by atoms with E-state index in [0.29, 0.717) is 0 Å². The molecule has 0 aliphatic carbocycles. The molecule has 108 valence electrons. The fraction of sp³-hybridized carbons (Fsp3) is 0.533. The van der Waals surface area contributed by atoms with Crippen molar-refractivity contribution in [1.29, 1.82) is 0 Å². The van der Waals surface area contributed by atoms with E-state index in [0.717, 1.165) is 41.7 Å². The number of fused-ring (bicyclic) bond motifs is 1. The van der Waals surface area contributed by atoms with Gasteiger partial charge in [0.2, 0.25) is 5.95 Å². The monoisotopic (exact) mass is 273 g/mol. The lowest BCUT2D eigenvalue weighted by Gasteiger charge is -2.30. The van der Waals surface area contributed by atoms with Crippen molar-refractivity contribution in [3.05, 3.63) is 18.2 Å². The van der Waals surface area contributed by atoms with E-state index >= 15 is 0 Å². The third kappa shape index (κ3) is 3.04. The van der Waals surface area contributed by atoms with Gasteiger partial charge in [0, 0.05) is 18.8 Å². The maximum atomic E-state index is 5.77. The Morgan fingerprint density at radius 1 is 1.40 bits per heavy atom. The molecule has 0 saturated carbocycles. The highest BCUT2D eigenvalue weighted by atomic mass is 15.2. The SMILES string of the molecule is CC1CCN(CCNc2nc3ccc(N)cc3[nH]2)CC1. The van der Waals surface area contributed by atoms with Crippen LogP contribution in [0, 0.1) is 5.92 Å². The molecule has 2 aromatic rings. The van der Waals surface area contributed by atoms with Crippen LogP contribution in [0.1, 0.15) is 19.8 Å². The normalized spacial score (nSPS) is 17.6. The summed E-state index contributed by atoms with van der Waals surface area (Å²) in [6.07, 6.45) is 2.65. The van der Waals surface area contributed by atoms with Crippen molar-refractivity contribution in [3.8, 4) is 0 Å². The minimum absolute atomic E-state index is 0.759. The molecule has 4 N–H and O–H groups in total. The molecule has 0 radical (unpaired) electrons. The van der Waals surface area contributed by atoms with Crippen LogP contribution in [0.5, 0.6) is 0 Å². The molecule has 0 amide bonds. The highest BCUT2D eigenvalue weighted by Gasteiger charge is 2.14. The molecule has 3 rings (SSSR count). The van der Waals surface area contributed by atoms with Gasteiger partial charge in [-0.1, -0.05) is 6.92 Å². The van der Waals surface area contributed by atoms with E-state index in [2.05, 4.69) is 27.1 Å². The van der Waals surface area contributed by atoms with Crippen molar-refractivity contribution >= 4 is 22.7 Å². The zero-order valence-corrected chi connectivity index (χ0v) is 12.0. The Balaban J connectivity index is 1.52. The molecule has 1 aliphatic rings. The third-order valence-corrected chi connectivity index (χ3v) is 4.10. The molecule has 1 fully saturated rings. The van der Waals surface area contributed by atoms with Gasteiger partial charge in [0.1, 0.15) is 0 Å². The van der Waals surface area contributed by atoms with Gasteiger partial charge in [-0.3, -0.25) is 0 Å². The first kappa shape index (κ1) is 13.2. The van der Waals surface area contributed by atoms with Crippen molar-refractivity contribution < 1.29 is 0 Å². The van der Waals surface area contributed by atoms with E-state index in [-0.39, 0.29) is 0 Å². The average Bonchev–Trinajstić information content (AvgIpc) is 2.83. The predicted molar refractivity (Wildman–Crippen MR) is 83.8 cm³/mol. The molecule has 0 bridgehead atoms. The van der Waals surface area contributed by atoms with E-state index in [1.165, 1.54) is 25.9 Å². The number of benzene rings is 1. The number of nitrogens with zero attached hydrogens (tertiary/aromatic N) is 2. The number of likely N-dealkylation sites (tertiary alicyclic amines) is 1. The molecule has 1 aromatic heterocycles. The molecule has 1 saturated heterocycles. The highest BCUT2D eigenvalue weighted by Crippen LogP contribution is 2.17. The van der Waals surface area contributed by atoms with Crippen LogP contribution in [-0.2, 0) is 0 Å².